The molecule has 116 valence electrons. The third-order valence-electron chi connectivity index (χ3n) is 3.58. The number of H-pyrrole nitrogens is 1. The quantitative estimate of drug-likeness (QED) is 0.895. The third kappa shape index (κ3) is 2.74. The van der Waals surface area contributed by atoms with E-state index in [1.54, 1.807) is 11.0 Å². The van der Waals surface area contributed by atoms with Gasteiger partial charge in [0.05, 0.1) is 32.6 Å². The van der Waals surface area contributed by atoms with Crippen LogP contribution < -0.4 is 5.32 Å². The number of hydrogen-bond donors (Lipinski definition) is 2. The van der Waals surface area contributed by atoms with E-state index >= 15 is 0 Å². The lowest BCUT2D eigenvalue weighted by Gasteiger charge is -2.38. The summed E-state index contributed by atoms with van der Waals surface area (Å²) in [4.78, 5) is 26.7. The number of nitrogens with one attached hydrogen (secondary N) is 2. The smallest absolute Gasteiger partial charge is 0.257 e. The fourth-order valence-electron chi connectivity index (χ4n) is 2.38. The summed E-state index contributed by atoms with van der Waals surface area (Å²) in [6.45, 7) is 3.37. The molecule has 6 nitrogen and oxygen atoms in total. The summed E-state index contributed by atoms with van der Waals surface area (Å²) in [5.41, 5.74) is 1.18. The van der Waals surface area contributed by atoms with E-state index in [-0.39, 0.29) is 17.7 Å². The molecule has 0 spiro atoms. The number of nitrogens with zero attached hydrogens (tertiary/aromatic N) is 2. The highest BCUT2D eigenvalue weighted by Gasteiger charge is 2.36. The number of likely N-dealkylation sites (tertiary alicyclic amines) is 1. The molecular formula is C14H15ClN4O2S. The summed E-state index contributed by atoms with van der Waals surface area (Å²) in [6.07, 6.45) is 1.52. The van der Waals surface area contributed by atoms with Gasteiger partial charge < -0.3 is 10.2 Å². The molecule has 3 heterocycles. The summed E-state index contributed by atoms with van der Waals surface area (Å²) in [5, 5.41) is 9.59. The first-order valence-corrected chi connectivity index (χ1v) is 8.15. The normalized spacial score (nSPS) is 14.7. The molecule has 8 heteroatoms. The highest BCUT2D eigenvalue weighted by Crippen LogP contribution is 2.32. The number of amides is 2. The summed E-state index contributed by atoms with van der Waals surface area (Å²) < 4.78 is 0.656. The van der Waals surface area contributed by atoms with Gasteiger partial charge in [0.2, 0.25) is 5.91 Å². The molecule has 2 amide bonds. The molecule has 0 atom stereocenters. The standard InChI is InChI=1S/C14H15ClN4O2S/c1-2-16-13(20)8-6-19(7-8)14(21)9-5-17-18-12(9)10-3-4-11(15)22-10/h3-5,8H,2,6-7H2,1H3,(H,16,20)(H,17,18). The number of rotatable bonds is 4. The summed E-state index contributed by atoms with van der Waals surface area (Å²) >= 11 is 7.32. The van der Waals surface area contributed by atoms with Gasteiger partial charge in [0.1, 0.15) is 0 Å². The third-order valence-corrected chi connectivity index (χ3v) is 4.83. The van der Waals surface area contributed by atoms with E-state index in [2.05, 4.69) is 15.5 Å². The maximum atomic E-state index is 12.5. The van der Waals surface area contributed by atoms with Gasteiger partial charge in [-0.25, -0.2) is 0 Å². The van der Waals surface area contributed by atoms with Crippen molar-refractivity contribution in [2.75, 3.05) is 19.6 Å². The highest BCUT2D eigenvalue weighted by atomic mass is 35.5. The Morgan fingerprint density at radius 2 is 2.27 bits per heavy atom. The number of aromatic amines is 1. The van der Waals surface area contributed by atoms with Crippen molar-refractivity contribution in [1.82, 2.24) is 20.4 Å². The van der Waals surface area contributed by atoms with Crippen LogP contribution in [0.2, 0.25) is 4.34 Å². The van der Waals surface area contributed by atoms with Crippen LogP contribution in [-0.2, 0) is 4.79 Å². The van der Waals surface area contributed by atoms with Crippen LogP contribution in [0.4, 0.5) is 0 Å². The topological polar surface area (TPSA) is 78.1 Å². The number of halogens is 1. The lowest BCUT2D eigenvalue weighted by Crippen LogP contribution is -2.55. The van der Waals surface area contributed by atoms with Crippen LogP contribution in [0, 0.1) is 5.92 Å². The molecule has 0 aliphatic carbocycles. The van der Waals surface area contributed by atoms with Crippen molar-refractivity contribution in [3.05, 3.63) is 28.2 Å². The highest BCUT2D eigenvalue weighted by molar-refractivity contribution is 7.19. The Morgan fingerprint density at radius 3 is 2.91 bits per heavy atom. The molecule has 0 unspecified atom stereocenters. The second kappa shape index (κ2) is 6.10. The minimum Gasteiger partial charge on any atom is -0.356 e. The van der Waals surface area contributed by atoms with Crippen LogP contribution in [0.5, 0.6) is 0 Å². The predicted octanol–water partition coefficient (Wildman–Crippen LogP) is 2.00. The van der Waals surface area contributed by atoms with Gasteiger partial charge >= 0.3 is 0 Å². The molecule has 1 saturated heterocycles. The molecule has 2 aromatic rings. The van der Waals surface area contributed by atoms with Gasteiger partial charge in [-0.05, 0) is 19.1 Å². The molecular weight excluding hydrogens is 324 g/mol. The zero-order valence-electron chi connectivity index (χ0n) is 11.9. The van der Waals surface area contributed by atoms with Crippen molar-refractivity contribution in [2.24, 2.45) is 5.92 Å². The van der Waals surface area contributed by atoms with Crippen molar-refractivity contribution in [2.45, 2.75) is 6.92 Å². The molecule has 0 saturated carbocycles. The van der Waals surface area contributed by atoms with Crippen molar-refractivity contribution < 1.29 is 9.59 Å². The van der Waals surface area contributed by atoms with Gasteiger partial charge in [0.25, 0.3) is 5.91 Å². The van der Waals surface area contributed by atoms with E-state index in [1.807, 2.05) is 13.0 Å². The molecule has 3 rings (SSSR count). The molecule has 1 aliphatic rings. The molecule has 1 aliphatic heterocycles. The minimum absolute atomic E-state index is 0.00371. The van der Waals surface area contributed by atoms with Gasteiger partial charge in [-0.2, -0.15) is 5.10 Å². The Hall–Kier alpha value is -1.86. The molecule has 2 aromatic heterocycles. The average Bonchev–Trinajstić information content (AvgIpc) is 3.05. The van der Waals surface area contributed by atoms with Crippen LogP contribution >= 0.6 is 22.9 Å². The molecule has 0 bridgehead atoms. The second-order valence-corrected chi connectivity index (χ2v) is 6.78. The largest absolute Gasteiger partial charge is 0.356 e. The van der Waals surface area contributed by atoms with Crippen LogP contribution in [0.1, 0.15) is 17.3 Å². The first kappa shape index (κ1) is 15.1. The fourth-order valence-corrected chi connectivity index (χ4v) is 3.44. The Labute approximate surface area is 136 Å². The number of carbonyl (C=O) groups excluding carboxylic acids is 2. The zero-order valence-corrected chi connectivity index (χ0v) is 13.5. The number of thiophene rings is 1. The first-order valence-electron chi connectivity index (χ1n) is 6.96. The second-order valence-electron chi connectivity index (χ2n) is 5.06. The molecule has 0 radical (unpaired) electrons. The summed E-state index contributed by atoms with van der Waals surface area (Å²) in [5.74, 6) is -0.228. The van der Waals surface area contributed by atoms with E-state index in [0.29, 0.717) is 35.2 Å². The van der Waals surface area contributed by atoms with Crippen molar-refractivity contribution in [3.8, 4) is 10.6 Å². The lowest BCUT2D eigenvalue weighted by atomic mass is 9.98. The monoisotopic (exact) mass is 338 g/mol. The van der Waals surface area contributed by atoms with Gasteiger partial charge in [-0.15, -0.1) is 11.3 Å². The van der Waals surface area contributed by atoms with Crippen LogP contribution in [0.3, 0.4) is 0 Å². The van der Waals surface area contributed by atoms with Crippen LogP contribution in [0.15, 0.2) is 18.3 Å². The minimum atomic E-state index is -0.117. The Bertz CT molecular complexity index is 705. The zero-order chi connectivity index (χ0) is 15.7. The van der Waals surface area contributed by atoms with Gasteiger partial charge in [-0.3, -0.25) is 14.7 Å². The average molecular weight is 339 g/mol. The Kier molecular flexibility index (Phi) is 4.17. The van der Waals surface area contributed by atoms with E-state index in [4.69, 9.17) is 11.6 Å². The molecule has 0 aromatic carbocycles. The van der Waals surface area contributed by atoms with Gasteiger partial charge in [-0.1, -0.05) is 11.6 Å². The first-order chi connectivity index (χ1) is 10.6. The summed E-state index contributed by atoms with van der Waals surface area (Å²) in [7, 11) is 0. The predicted molar refractivity (Wildman–Crippen MR) is 85.0 cm³/mol. The molecule has 2 N–H and O–H groups in total. The lowest BCUT2D eigenvalue weighted by molar-refractivity contribution is -0.128. The van der Waals surface area contributed by atoms with Crippen molar-refractivity contribution >= 4 is 34.8 Å². The van der Waals surface area contributed by atoms with E-state index in [9.17, 15) is 9.59 Å². The maximum Gasteiger partial charge on any atom is 0.257 e. The Morgan fingerprint density at radius 1 is 1.50 bits per heavy atom. The summed E-state index contributed by atoms with van der Waals surface area (Å²) in [6, 6.07) is 3.64. The van der Waals surface area contributed by atoms with Gasteiger partial charge in [0.15, 0.2) is 0 Å². The van der Waals surface area contributed by atoms with E-state index in [1.165, 1.54) is 17.5 Å². The number of aromatic nitrogens is 2. The number of hydrogen-bond acceptors (Lipinski definition) is 4. The Balaban J connectivity index is 1.70. The van der Waals surface area contributed by atoms with E-state index < -0.39 is 0 Å². The van der Waals surface area contributed by atoms with E-state index in [0.717, 1.165) is 4.88 Å². The SMILES string of the molecule is CCNC(=O)C1CN(C(=O)c2cn[nH]c2-c2ccc(Cl)s2)C1. The van der Waals surface area contributed by atoms with Crippen molar-refractivity contribution in [1.29, 1.82) is 0 Å². The van der Waals surface area contributed by atoms with Crippen LogP contribution in [0.25, 0.3) is 10.6 Å². The van der Waals surface area contributed by atoms with Crippen LogP contribution in [-0.4, -0.2) is 46.5 Å². The number of carbonyl (C=O) groups is 2. The molecule has 22 heavy (non-hydrogen) atoms. The van der Waals surface area contributed by atoms with Gasteiger partial charge in [0, 0.05) is 19.6 Å². The fraction of sp³-hybridized carbons (Fsp3) is 0.357. The maximum absolute atomic E-state index is 12.5. The van der Waals surface area contributed by atoms with Crippen molar-refractivity contribution in [3.63, 3.8) is 0 Å². The molecule has 1 fully saturated rings.